The monoisotopic (exact) mass is 357 g/mol. The highest BCUT2D eigenvalue weighted by molar-refractivity contribution is 6.04. The Morgan fingerprint density at radius 3 is 2.62 bits per heavy atom. The molecule has 9 nitrogen and oxygen atoms in total. The molecule has 0 fully saturated rings. The van der Waals surface area contributed by atoms with E-state index in [9.17, 15) is 24.5 Å². The molecule has 0 unspecified atom stereocenters. The summed E-state index contributed by atoms with van der Waals surface area (Å²) in [6.07, 6.45) is 3.83. The first-order chi connectivity index (χ1) is 12.4. The van der Waals surface area contributed by atoms with Gasteiger partial charge < -0.3 is 9.30 Å². The number of rotatable bonds is 6. The number of nitrogens with one attached hydrogen (secondary N) is 1. The Morgan fingerprint density at radius 2 is 1.96 bits per heavy atom. The number of esters is 1. The molecule has 1 N–H and O–H groups in total. The number of ether oxygens (including phenoxy) is 1. The Bertz CT molecular complexity index is 884. The third-order valence-electron chi connectivity index (χ3n) is 3.31. The second-order valence-electron chi connectivity index (χ2n) is 5.14. The van der Waals surface area contributed by atoms with Crippen molar-refractivity contribution in [1.82, 2.24) is 9.88 Å². The highest BCUT2D eigenvalue weighted by Gasteiger charge is 2.14. The van der Waals surface area contributed by atoms with Gasteiger partial charge in [-0.05, 0) is 24.3 Å². The number of para-hydroxylation sites is 1. The van der Waals surface area contributed by atoms with Crippen molar-refractivity contribution < 1.29 is 24.0 Å². The Labute approximate surface area is 148 Å². The summed E-state index contributed by atoms with van der Waals surface area (Å²) in [5.41, 5.74) is 0.334. The molecule has 9 heteroatoms. The lowest BCUT2D eigenvalue weighted by molar-refractivity contribution is -0.385. The Morgan fingerprint density at radius 1 is 1.23 bits per heavy atom. The van der Waals surface area contributed by atoms with Crippen LogP contribution in [0.4, 0.5) is 5.69 Å². The SMILES string of the molecule is Cn1cccc1C(=O)NC(=O)COC(=O)/C=C/c1ccccc1[N+](=O)[O-]. The quantitative estimate of drug-likeness (QED) is 0.361. The Kier molecular flexibility index (Phi) is 5.99. The highest BCUT2D eigenvalue weighted by atomic mass is 16.6. The Hall–Kier alpha value is -3.75. The van der Waals surface area contributed by atoms with Crippen LogP contribution in [-0.2, 0) is 21.4 Å². The molecule has 1 aromatic heterocycles. The molecule has 0 aliphatic heterocycles. The largest absolute Gasteiger partial charge is 0.452 e. The third-order valence-corrected chi connectivity index (χ3v) is 3.31. The summed E-state index contributed by atoms with van der Waals surface area (Å²) in [5, 5.41) is 13.0. The van der Waals surface area contributed by atoms with E-state index in [1.165, 1.54) is 34.9 Å². The topological polar surface area (TPSA) is 121 Å². The van der Waals surface area contributed by atoms with Crippen molar-refractivity contribution in [2.75, 3.05) is 6.61 Å². The first-order valence-corrected chi connectivity index (χ1v) is 7.42. The molecule has 134 valence electrons. The molecule has 2 amide bonds. The number of carbonyl (C=O) groups is 3. The number of nitro benzene ring substituents is 1. The van der Waals surface area contributed by atoms with Crippen molar-refractivity contribution in [3.63, 3.8) is 0 Å². The summed E-state index contributed by atoms with van der Waals surface area (Å²) in [6.45, 7) is -0.657. The second-order valence-corrected chi connectivity index (χ2v) is 5.14. The van der Waals surface area contributed by atoms with E-state index in [1.807, 2.05) is 0 Å². The molecule has 0 spiro atoms. The van der Waals surface area contributed by atoms with Gasteiger partial charge in [0.1, 0.15) is 5.69 Å². The van der Waals surface area contributed by atoms with Gasteiger partial charge in [-0.2, -0.15) is 0 Å². The maximum atomic E-state index is 11.8. The third kappa shape index (κ3) is 4.87. The van der Waals surface area contributed by atoms with E-state index >= 15 is 0 Å². The number of nitro groups is 1. The first-order valence-electron chi connectivity index (χ1n) is 7.42. The summed E-state index contributed by atoms with van der Waals surface area (Å²) < 4.78 is 6.24. The van der Waals surface area contributed by atoms with Crippen molar-refractivity contribution in [1.29, 1.82) is 0 Å². The molecule has 0 radical (unpaired) electrons. The average molecular weight is 357 g/mol. The van der Waals surface area contributed by atoms with Gasteiger partial charge in [-0.25, -0.2) is 4.79 Å². The van der Waals surface area contributed by atoms with Gasteiger partial charge in [0.25, 0.3) is 17.5 Å². The normalized spacial score (nSPS) is 10.5. The molecule has 2 rings (SSSR count). The number of carbonyl (C=O) groups excluding carboxylic acids is 3. The van der Waals surface area contributed by atoms with Crippen LogP contribution in [0.1, 0.15) is 16.1 Å². The van der Waals surface area contributed by atoms with E-state index in [0.29, 0.717) is 0 Å². The molecule has 26 heavy (non-hydrogen) atoms. The summed E-state index contributed by atoms with van der Waals surface area (Å²) in [5.74, 6) is -2.28. The van der Waals surface area contributed by atoms with Crippen LogP contribution in [0.2, 0.25) is 0 Å². The molecule has 0 aliphatic rings. The molecule has 1 heterocycles. The van der Waals surface area contributed by atoms with Crippen LogP contribution in [0.5, 0.6) is 0 Å². The lowest BCUT2D eigenvalue weighted by Gasteiger charge is -2.05. The summed E-state index contributed by atoms with van der Waals surface area (Å²) in [4.78, 5) is 45.4. The van der Waals surface area contributed by atoms with E-state index < -0.39 is 29.3 Å². The molecule has 0 atom stereocenters. The zero-order valence-electron chi connectivity index (χ0n) is 13.7. The van der Waals surface area contributed by atoms with Crippen molar-refractivity contribution in [2.45, 2.75) is 0 Å². The van der Waals surface area contributed by atoms with Crippen molar-refractivity contribution in [3.05, 3.63) is 70.0 Å². The van der Waals surface area contributed by atoms with Crippen molar-refractivity contribution in [2.24, 2.45) is 7.05 Å². The second kappa shape index (κ2) is 8.38. The highest BCUT2D eigenvalue weighted by Crippen LogP contribution is 2.18. The number of aryl methyl sites for hydroxylation is 1. The number of hydrogen-bond donors (Lipinski definition) is 1. The van der Waals surface area contributed by atoms with Crippen molar-refractivity contribution in [3.8, 4) is 0 Å². The maximum Gasteiger partial charge on any atom is 0.331 e. The predicted molar refractivity (Wildman–Crippen MR) is 91.0 cm³/mol. The Balaban J connectivity index is 1.87. The van der Waals surface area contributed by atoms with Gasteiger partial charge in [0.15, 0.2) is 6.61 Å². The number of amides is 2. The minimum Gasteiger partial charge on any atom is -0.452 e. The number of benzene rings is 1. The molecule has 0 saturated heterocycles. The van der Waals surface area contributed by atoms with Crippen LogP contribution in [0.25, 0.3) is 6.08 Å². The van der Waals surface area contributed by atoms with E-state index in [-0.39, 0.29) is 16.9 Å². The molecule has 0 aliphatic carbocycles. The average Bonchev–Trinajstić information content (AvgIpc) is 3.04. The van der Waals surface area contributed by atoms with Gasteiger partial charge in [0.2, 0.25) is 0 Å². The summed E-state index contributed by atoms with van der Waals surface area (Å²) >= 11 is 0. The van der Waals surface area contributed by atoms with E-state index in [2.05, 4.69) is 5.32 Å². The first kappa shape index (κ1) is 18.6. The number of hydrogen-bond acceptors (Lipinski definition) is 6. The van der Waals surface area contributed by atoms with Gasteiger partial charge in [-0.1, -0.05) is 12.1 Å². The van der Waals surface area contributed by atoms with E-state index in [1.54, 1.807) is 25.4 Å². The fourth-order valence-electron chi connectivity index (χ4n) is 2.06. The van der Waals surface area contributed by atoms with Gasteiger partial charge in [0, 0.05) is 25.4 Å². The summed E-state index contributed by atoms with van der Waals surface area (Å²) in [7, 11) is 1.65. The van der Waals surface area contributed by atoms with E-state index in [4.69, 9.17) is 4.74 Å². The van der Waals surface area contributed by atoms with Crippen LogP contribution in [0, 0.1) is 10.1 Å². The zero-order valence-corrected chi connectivity index (χ0v) is 13.7. The van der Waals surface area contributed by atoms with Crippen LogP contribution in [0.3, 0.4) is 0 Å². The molecular weight excluding hydrogens is 342 g/mol. The standard InChI is InChI=1S/C17H15N3O6/c1-19-10-4-7-14(19)17(23)18-15(21)11-26-16(22)9-8-12-5-2-3-6-13(12)20(24)25/h2-10H,11H2,1H3,(H,18,21,23)/b9-8+. The minimum absolute atomic E-state index is 0.164. The fraction of sp³-hybridized carbons (Fsp3) is 0.118. The molecule has 0 bridgehead atoms. The molecule has 2 aromatic rings. The maximum absolute atomic E-state index is 11.8. The van der Waals surface area contributed by atoms with Crippen LogP contribution in [0.15, 0.2) is 48.7 Å². The minimum atomic E-state index is -0.871. The molecule has 0 saturated carbocycles. The number of nitrogens with zero attached hydrogens (tertiary/aromatic N) is 2. The number of imide groups is 1. The van der Waals surface area contributed by atoms with Gasteiger partial charge in [-0.3, -0.25) is 25.0 Å². The van der Waals surface area contributed by atoms with Gasteiger partial charge in [-0.15, -0.1) is 0 Å². The molecule has 1 aromatic carbocycles. The van der Waals surface area contributed by atoms with Crippen LogP contribution < -0.4 is 5.32 Å². The summed E-state index contributed by atoms with van der Waals surface area (Å²) in [6, 6.07) is 9.03. The van der Waals surface area contributed by atoms with E-state index in [0.717, 1.165) is 6.08 Å². The fourth-order valence-corrected chi connectivity index (χ4v) is 2.06. The number of aromatic nitrogens is 1. The lowest BCUT2D eigenvalue weighted by Crippen LogP contribution is -2.34. The van der Waals surface area contributed by atoms with Crippen molar-refractivity contribution >= 4 is 29.5 Å². The van der Waals surface area contributed by atoms with Crippen LogP contribution in [-0.4, -0.2) is 33.9 Å². The predicted octanol–water partition coefficient (Wildman–Crippen LogP) is 1.45. The smallest absolute Gasteiger partial charge is 0.331 e. The van der Waals surface area contributed by atoms with Gasteiger partial charge in [0.05, 0.1) is 10.5 Å². The van der Waals surface area contributed by atoms with Gasteiger partial charge >= 0.3 is 5.97 Å². The molecular formula is C17H15N3O6. The van der Waals surface area contributed by atoms with Crippen LogP contribution >= 0.6 is 0 Å². The zero-order chi connectivity index (χ0) is 19.1. The lowest BCUT2D eigenvalue weighted by atomic mass is 10.1.